The van der Waals surface area contributed by atoms with Gasteiger partial charge in [-0.3, -0.25) is 0 Å². The lowest BCUT2D eigenvalue weighted by molar-refractivity contribution is 0.581. The molecule has 0 aromatic heterocycles. The zero-order valence-corrected chi connectivity index (χ0v) is 9.51. The molecule has 1 aromatic rings. The lowest BCUT2D eigenvalue weighted by Crippen LogP contribution is -2.20. The SMILES string of the molecule is CCC(c1ccccc1)S(N)(=O)=O.Cl. The molecule has 0 aliphatic rings. The molecule has 1 atom stereocenters. The number of halogens is 1. The summed E-state index contributed by atoms with van der Waals surface area (Å²) in [7, 11) is -3.47. The quantitative estimate of drug-likeness (QED) is 0.869. The first-order chi connectivity index (χ1) is 6.05. The van der Waals surface area contributed by atoms with E-state index in [1.165, 1.54) is 0 Å². The Hall–Kier alpha value is -0.580. The van der Waals surface area contributed by atoms with Crippen molar-refractivity contribution in [2.75, 3.05) is 0 Å². The zero-order valence-electron chi connectivity index (χ0n) is 7.88. The van der Waals surface area contributed by atoms with Gasteiger partial charge >= 0.3 is 0 Å². The maximum Gasteiger partial charge on any atom is 0.216 e. The molecule has 80 valence electrons. The number of rotatable bonds is 3. The molecular formula is C9H14ClNO2S. The third-order valence-corrected chi connectivity index (χ3v) is 3.34. The van der Waals surface area contributed by atoms with Gasteiger partial charge < -0.3 is 0 Å². The summed E-state index contributed by atoms with van der Waals surface area (Å²) < 4.78 is 22.3. The maximum absolute atomic E-state index is 11.1. The van der Waals surface area contributed by atoms with E-state index in [1.807, 2.05) is 25.1 Å². The van der Waals surface area contributed by atoms with E-state index < -0.39 is 15.3 Å². The van der Waals surface area contributed by atoms with Crippen LogP contribution < -0.4 is 5.14 Å². The second kappa shape index (κ2) is 5.34. The Labute approximate surface area is 90.8 Å². The Morgan fingerprint density at radius 2 is 1.79 bits per heavy atom. The normalized spacial score (nSPS) is 13.0. The first kappa shape index (κ1) is 13.4. The molecule has 1 unspecified atom stereocenters. The smallest absolute Gasteiger partial charge is 0.216 e. The Morgan fingerprint density at radius 3 is 2.14 bits per heavy atom. The van der Waals surface area contributed by atoms with Gasteiger partial charge in [0.15, 0.2) is 0 Å². The van der Waals surface area contributed by atoms with Crippen molar-refractivity contribution in [1.29, 1.82) is 0 Å². The van der Waals surface area contributed by atoms with Crippen molar-refractivity contribution in [2.24, 2.45) is 5.14 Å². The summed E-state index contributed by atoms with van der Waals surface area (Å²) in [5, 5.41) is 4.52. The van der Waals surface area contributed by atoms with Crippen molar-refractivity contribution in [3.8, 4) is 0 Å². The second-order valence-electron chi connectivity index (χ2n) is 2.90. The molecule has 3 nitrogen and oxygen atoms in total. The lowest BCUT2D eigenvalue weighted by atomic mass is 10.1. The van der Waals surface area contributed by atoms with Crippen molar-refractivity contribution in [3.05, 3.63) is 35.9 Å². The molecule has 2 N–H and O–H groups in total. The molecule has 1 rings (SSSR count). The van der Waals surface area contributed by atoms with Crippen LogP contribution in [0.4, 0.5) is 0 Å². The van der Waals surface area contributed by atoms with Crippen molar-refractivity contribution in [2.45, 2.75) is 18.6 Å². The van der Waals surface area contributed by atoms with E-state index in [-0.39, 0.29) is 12.4 Å². The highest BCUT2D eigenvalue weighted by atomic mass is 35.5. The molecule has 0 aliphatic heterocycles. The number of nitrogens with two attached hydrogens (primary N) is 1. The highest BCUT2D eigenvalue weighted by molar-refractivity contribution is 7.89. The van der Waals surface area contributed by atoms with Crippen LogP contribution in [-0.4, -0.2) is 8.42 Å². The first-order valence-corrected chi connectivity index (χ1v) is 5.73. The third kappa shape index (κ3) is 3.29. The van der Waals surface area contributed by atoms with E-state index >= 15 is 0 Å². The summed E-state index contributed by atoms with van der Waals surface area (Å²) in [6, 6.07) is 9.02. The van der Waals surface area contributed by atoms with Gasteiger partial charge in [0.05, 0.1) is 5.25 Å². The van der Waals surface area contributed by atoms with E-state index in [2.05, 4.69) is 0 Å². The maximum atomic E-state index is 11.1. The molecular weight excluding hydrogens is 222 g/mol. The van der Waals surface area contributed by atoms with Crippen LogP contribution in [0.5, 0.6) is 0 Å². The molecule has 0 amide bonds. The summed E-state index contributed by atoms with van der Waals surface area (Å²) in [6.07, 6.45) is 0.503. The fourth-order valence-electron chi connectivity index (χ4n) is 1.33. The standard InChI is InChI=1S/C9H13NO2S.ClH/c1-2-9(13(10,11)12)8-6-4-3-5-7-8;/h3-7,9H,2H2,1H3,(H2,10,11,12);1H. The van der Waals surface area contributed by atoms with E-state index in [0.29, 0.717) is 6.42 Å². The Kier molecular flexibility index (Phi) is 5.12. The van der Waals surface area contributed by atoms with Crippen LogP contribution in [0, 0.1) is 0 Å². The van der Waals surface area contributed by atoms with Crippen LogP contribution in [0.1, 0.15) is 24.2 Å². The Balaban J connectivity index is 0.00000169. The minimum atomic E-state index is -3.47. The molecule has 0 spiro atoms. The van der Waals surface area contributed by atoms with Gasteiger partial charge in [-0.05, 0) is 12.0 Å². The van der Waals surface area contributed by atoms with E-state index in [1.54, 1.807) is 12.1 Å². The molecule has 1 aromatic carbocycles. The number of primary sulfonamides is 1. The summed E-state index contributed by atoms with van der Waals surface area (Å²) >= 11 is 0. The molecule has 0 heterocycles. The van der Waals surface area contributed by atoms with Crippen molar-refractivity contribution >= 4 is 22.4 Å². The van der Waals surface area contributed by atoms with Gasteiger partial charge in [0.25, 0.3) is 0 Å². The van der Waals surface area contributed by atoms with Gasteiger partial charge in [0.1, 0.15) is 0 Å². The number of hydrogen-bond donors (Lipinski definition) is 1. The minimum absolute atomic E-state index is 0. The second-order valence-corrected chi connectivity index (χ2v) is 4.64. The molecule has 5 heteroatoms. The average molecular weight is 236 g/mol. The molecule has 0 bridgehead atoms. The summed E-state index contributed by atoms with van der Waals surface area (Å²) in [4.78, 5) is 0. The van der Waals surface area contributed by atoms with Gasteiger partial charge in [-0.1, -0.05) is 37.3 Å². The highest BCUT2D eigenvalue weighted by Gasteiger charge is 2.20. The molecule has 0 radical (unpaired) electrons. The predicted octanol–water partition coefficient (Wildman–Crippen LogP) is 1.85. The number of benzene rings is 1. The fourth-order valence-corrected chi connectivity index (χ4v) is 2.33. The zero-order chi connectivity index (χ0) is 9.90. The van der Waals surface area contributed by atoms with Gasteiger partial charge in [-0.25, -0.2) is 13.6 Å². The van der Waals surface area contributed by atoms with Crippen LogP contribution in [0.25, 0.3) is 0 Å². The molecule has 0 aliphatic carbocycles. The van der Waals surface area contributed by atoms with Gasteiger partial charge in [-0.2, -0.15) is 0 Å². The largest absolute Gasteiger partial charge is 0.228 e. The van der Waals surface area contributed by atoms with Crippen LogP contribution in [-0.2, 0) is 10.0 Å². The predicted molar refractivity (Wildman–Crippen MR) is 59.8 cm³/mol. The van der Waals surface area contributed by atoms with E-state index in [0.717, 1.165) is 5.56 Å². The molecule has 14 heavy (non-hydrogen) atoms. The summed E-state index contributed by atoms with van der Waals surface area (Å²) in [5.74, 6) is 0. The molecule has 0 saturated carbocycles. The highest BCUT2D eigenvalue weighted by Crippen LogP contribution is 2.22. The van der Waals surface area contributed by atoms with Gasteiger partial charge in [-0.15, -0.1) is 12.4 Å². The van der Waals surface area contributed by atoms with E-state index in [9.17, 15) is 8.42 Å². The van der Waals surface area contributed by atoms with Crippen LogP contribution >= 0.6 is 12.4 Å². The monoisotopic (exact) mass is 235 g/mol. The van der Waals surface area contributed by atoms with E-state index in [4.69, 9.17) is 5.14 Å². The van der Waals surface area contributed by atoms with Crippen molar-refractivity contribution < 1.29 is 8.42 Å². The van der Waals surface area contributed by atoms with Gasteiger partial charge in [0, 0.05) is 0 Å². The van der Waals surface area contributed by atoms with Crippen LogP contribution in [0.3, 0.4) is 0 Å². The number of sulfonamides is 1. The van der Waals surface area contributed by atoms with Crippen molar-refractivity contribution in [3.63, 3.8) is 0 Å². The Morgan fingerprint density at radius 1 is 1.29 bits per heavy atom. The lowest BCUT2D eigenvalue weighted by Gasteiger charge is -2.11. The third-order valence-electron chi connectivity index (χ3n) is 1.94. The average Bonchev–Trinajstić information content (AvgIpc) is 2.05. The molecule has 0 saturated heterocycles. The topological polar surface area (TPSA) is 60.2 Å². The van der Waals surface area contributed by atoms with Crippen LogP contribution in [0.15, 0.2) is 30.3 Å². The fraction of sp³-hybridized carbons (Fsp3) is 0.333. The summed E-state index contributed by atoms with van der Waals surface area (Å²) in [6.45, 7) is 1.81. The summed E-state index contributed by atoms with van der Waals surface area (Å²) in [5.41, 5.74) is 0.757. The Bertz CT molecular complexity index is 364. The van der Waals surface area contributed by atoms with Gasteiger partial charge in [0.2, 0.25) is 10.0 Å². The minimum Gasteiger partial charge on any atom is -0.228 e. The first-order valence-electron chi connectivity index (χ1n) is 4.12. The molecule has 0 fully saturated rings. The van der Waals surface area contributed by atoms with Crippen LogP contribution in [0.2, 0.25) is 0 Å². The van der Waals surface area contributed by atoms with Crippen molar-refractivity contribution in [1.82, 2.24) is 0 Å². The number of hydrogen-bond acceptors (Lipinski definition) is 2.